The third-order valence-electron chi connectivity index (χ3n) is 4.54. The molecule has 0 spiro atoms. The van der Waals surface area contributed by atoms with Gasteiger partial charge in [-0.1, -0.05) is 12.1 Å². The van der Waals surface area contributed by atoms with E-state index >= 15 is 0 Å². The van der Waals surface area contributed by atoms with E-state index in [1.807, 2.05) is 0 Å². The minimum Gasteiger partial charge on any atom is -0.317 e. The van der Waals surface area contributed by atoms with E-state index < -0.39 is 0 Å². The van der Waals surface area contributed by atoms with Gasteiger partial charge in [-0.15, -0.1) is 11.3 Å². The monoisotopic (exact) mass is 386 g/mol. The summed E-state index contributed by atoms with van der Waals surface area (Å²) in [4.78, 5) is 21.6. The first-order valence-electron chi connectivity index (χ1n) is 8.75. The zero-order chi connectivity index (χ0) is 18.8. The van der Waals surface area contributed by atoms with Gasteiger partial charge in [-0.2, -0.15) is 10.1 Å². The molecule has 2 aromatic heterocycles. The number of hydrogen-bond acceptors (Lipinski definition) is 6. The molecule has 1 amide bonds. The van der Waals surface area contributed by atoms with Crippen LogP contribution in [0.2, 0.25) is 0 Å². The Bertz CT molecular complexity index is 962. The minimum atomic E-state index is -0.362. The van der Waals surface area contributed by atoms with Crippen LogP contribution < -0.4 is 10.6 Å². The van der Waals surface area contributed by atoms with Crippen molar-refractivity contribution in [1.82, 2.24) is 25.1 Å². The summed E-state index contributed by atoms with van der Waals surface area (Å²) in [6.07, 6.45) is 3.42. The van der Waals surface area contributed by atoms with E-state index in [2.05, 4.69) is 25.7 Å². The van der Waals surface area contributed by atoms with Gasteiger partial charge in [0.05, 0.1) is 6.20 Å². The van der Waals surface area contributed by atoms with Crippen molar-refractivity contribution in [2.45, 2.75) is 18.8 Å². The van der Waals surface area contributed by atoms with Gasteiger partial charge in [-0.3, -0.25) is 10.1 Å². The Labute approximate surface area is 159 Å². The van der Waals surface area contributed by atoms with Gasteiger partial charge >= 0.3 is 0 Å². The second-order valence-corrected chi connectivity index (χ2v) is 7.44. The number of aryl methyl sites for hydroxylation is 1. The van der Waals surface area contributed by atoms with Crippen molar-refractivity contribution in [3.63, 3.8) is 0 Å². The molecular formula is C18H19FN6OS. The van der Waals surface area contributed by atoms with Gasteiger partial charge in [0.15, 0.2) is 5.82 Å². The molecule has 0 radical (unpaired) electrons. The molecule has 4 rings (SSSR count). The smallest absolute Gasteiger partial charge is 0.269 e. The normalized spacial score (nSPS) is 15.0. The van der Waals surface area contributed by atoms with Gasteiger partial charge in [-0.25, -0.2) is 14.1 Å². The molecule has 0 aliphatic carbocycles. The number of benzene rings is 1. The second-order valence-electron chi connectivity index (χ2n) is 6.41. The number of nitrogens with one attached hydrogen (secondary N) is 2. The topological polar surface area (TPSA) is 84.7 Å². The Morgan fingerprint density at radius 2 is 2.11 bits per heavy atom. The van der Waals surface area contributed by atoms with Crippen LogP contribution >= 0.6 is 11.3 Å². The summed E-state index contributed by atoms with van der Waals surface area (Å²) < 4.78 is 15.5. The zero-order valence-electron chi connectivity index (χ0n) is 14.8. The van der Waals surface area contributed by atoms with Gasteiger partial charge in [0.2, 0.25) is 5.95 Å². The third-order valence-corrected chi connectivity index (χ3v) is 5.57. The maximum Gasteiger partial charge on any atom is 0.269 e. The number of carbonyl (C=O) groups excluding carboxylic acids is 1. The minimum absolute atomic E-state index is 0.305. The van der Waals surface area contributed by atoms with Crippen molar-refractivity contribution in [3.05, 3.63) is 47.0 Å². The Kier molecular flexibility index (Phi) is 4.95. The molecule has 140 valence electrons. The number of aromatic nitrogens is 4. The SMILES string of the molecule is Cn1nc(C2CCNCC2)nc1NC(=O)c1cnc(-c2ccccc2F)s1. The van der Waals surface area contributed by atoms with Crippen LogP contribution in [0.4, 0.5) is 10.3 Å². The average molecular weight is 386 g/mol. The molecule has 3 heterocycles. The van der Waals surface area contributed by atoms with Crippen LogP contribution in [0.1, 0.15) is 34.3 Å². The molecule has 1 saturated heterocycles. The van der Waals surface area contributed by atoms with Crippen molar-refractivity contribution >= 4 is 23.2 Å². The summed E-state index contributed by atoms with van der Waals surface area (Å²) >= 11 is 1.14. The van der Waals surface area contributed by atoms with Crippen molar-refractivity contribution in [2.24, 2.45) is 7.05 Å². The Hall–Kier alpha value is -2.65. The highest BCUT2D eigenvalue weighted by Gasteiger charge is 2.22. The fourth-order valence-electron chi connectivity index (χ4n) is 3.07. The van der Waals surface area contributed by atoms with Crippen LogP contribution in [0.15, 0.2) is 30.5 Å². The van der Waals surface area contributed by atoms with Crippen LogP contribution in [0.25, 0.3) is 10.6 Å². The zero-order valence-corrected chi connectivity index (χ0v) is 15.6. The van der Waals surface area contributed by atoms with E-state index in [1.54, 1.807) is 29.9 Å². The van der Waals surface area contributed by atoms with Gasteiger partial charge < -0.3 is 5.32 Å². The Morgan fingerprint density at radius 1 is 1.33 bits per heavy atom. The molecule has 1 aliphatic rings. The molecule has 9 heteroatoms. The Balaban J connectivity index is 1.50. The first-order valence-corrected chi connectivity index (χ1v) is 9.57. The Morgan fingerprint density at radius 3 is 2.89 bits per heavy atom. The van der Waals surface area contributed by atoms with E-state index in [0.717, 1.165) is 43.1 Å². The standard InChI is InChI=1S/C18H19FN6OS/c1-25-18(22-15(24-25)11-6-8-20-9-7-11)23-16(26)14-10-21-17(27-14)12-4-2-3-5-13(12)19/h2-5,10-11,20H,6-9H2,1H3,(H,22,23,24,26). The van der Waals surface area contributed by atoms with Crippen LogP contribution in [-0.2, 0) is 7.05 Å². The first-order chi connectivity index (χ1) is 13.1. The molecule has 27 heavy (non-hydrogen) atoms. The van der Waals surface area contributed by atoms with Crippen molar-refractivity contribution in [1.29, 1.82) is 0 Å². The lowest BCUT2D eigenvalue weighted by Gasteiger charge is -2.19. The lowest BCUT2D eigenvalue weighted by atomic mass is 9.98. The lowest BCUT2D eigenvalue weighted by molar-refractivity contribution is 0.102. The van der Waals surface area contributed by atoms with E-state index in [-0.39, 0.29) is 11.7 Å². The molecule has 0 atom stereocenters. The first kappa shape index (κ1) is 17.7. The maximum absolute atomic E-state index is 13.9. The highest BCUT2D eigenvalue weighted by molar-refractivity contribution is 7.17. The predicted octanol–water partition coefficient (Wildman–Crippen LogP) is 2.80. The molecule has 1 fully saturated rings. The fourth-order valence-corrected chi connectivity index (χ4v) is 3.91. The summed E-state index contributed by atoms with van der Waals surface area (Å²) in [6, 6.07) is 6.37. The molecular weight excluding hydrogens is 367 g/mol. The van der Waals surface area contributed by atoms with Gasteiger partial charge in [-0.05, 0) is 38.1 Å². The number of thiazole rings is 1. The van der Waals surface area contributed by atoms with Gasteiger partial charge in [0.25, 0.3) is 5.91 Å². The molecule has 2 N–H and O–H groups in total. The molecule has 7 nitrogen and oxygen atoms in total. The van der Waals surface area contributed by atoms with Crippen LogP contribution in [0.5, 0.6) is 0 Å². The van der Waals surface area contributed by atoms with Crippen LogP contribution in [0.3, 0.4) is 0 Å². The molecule has 3 aromatic rings. The summed E-state index contributed by atoms with van der Waals surface area (Å²) in [5.74, 6) is 0.764. The average Bonchev–Trinajstić information content (AvgIpc) is 3.30. The third kappa shape index (κ3) is 3.74. The van der Waals surface area contributed by atoms with Crippen LogP contribution in [-0.4, -0.2) is 38.7 Å². The number of amides is 1. The highest BCUT2D eigenvalue weighted by atomic mass is 32.1. The van der Waals surface area contributed by atoms with Crippen LogP contribution in [0, 0.1) is 5.82 Å². The van der Waals surface area contributed by atoms with Gasteiger partial charge in [0, 0.05) is 18.5 Å². The summed E-state index contributed by atoms with van der Waals surface area (Å²) in [7, 11) is 1.75. The quantitative estimate of drug-likeness (QED) is 0.720. The largest absolute Gasteiger partial charge is 0.317 e. The maximum atomic E-state index is 13.9. The summed E-state index contributed by atoms with van der Waals surface area (Å²) in [6.45, 7) is 1.90. The van der Waals surface area contributed by atoms with Crippen molar-refractivity contribution < 1.29 is 9.18 Å². The molecule has 1 aliphatic heterocycles. The summed E-state index contributed by atoms with van der Waals surface area (Å²) in [5.41, 5.74) is 0.383. The molecule has 0 bridgehead atoms. The number of carbonyl (C=O) groups is 1. The lowest BCUT2D eigenvalue weighted by Crippen LogP contribution is -2.27. The van der Waals surface area contributed by atoms with E-state index in [9.17, 15) is 9.18 Å². The fraction of sp³-hybridized carbons (Fsp3) is 0.333. The van der Waals surface area contributed by atoms with Gasteiger partial charge in [0.1, 0.15) is 15.7 Å². The van der Waals surface area contributed by atoms with Crippen molar-refractivity contribution in [3.8, 4) is 10.6 Å². The molecule has 1 aromatic carbocycles. The number of nitrogens with zero attached hydrogens (tertiary/aromatic N) is 4. The summed E-state index contributed by atoms with van der Waals surface area (Å²) in [5, 5.41) is 11.0. The number of halogens is 1. The van der Waals surface area contributed by atoms with E-state index in [4.69, 9.17) is 0 Å². The number of piperidine rings is 1. The number of hydrogen-bond donors (Lipinski definition) is 2. The van der Waals surface area contributed by atoms with E-state index in [1.165, 1.54) is 12.3 Å². The number of rotatable bonds is 4. The van der Waals surface area contributed by atoms with E-state index in [0.29, 0.717) is 27.3 Å². The number of anilines is 1. The predicted molar refractivity (Wildman–Crippen MR) is 101 cm³/mol. The molecule has 0 saturated carbocycles. The highest BCUT2D eigenvalue weighted by Crippen LogP contribution is 2.28. The van der Waals surface area contributed by atoms with Crippen molar-refractivity contribution in [2.75, 3.05) is 18.4 Å². The second kappa shape index (κ2) is 7.53. The molecule has 0 unspecified atom stereocenters.